The number of amidine groups is 1. The first-order valence-electron chi connectivity index (χ1n) is 9.78. The summed E-state index contributed by atoms with van der Waals surface area (Å²) in [5.74, 6) is -0.627. The molecule has 0 saturated heterocycles. The lowest BCUT2D eigenvalue weighted by atomic mass is 10.0. The Balaban J connectivity index is 1.63. The van der Waals surface area contributed by atoms with Crippen LogP contribution in [0, 0.1) is 11.3 Å². The van der Waals surface area contributed by atoms with Crippen molar-refractivity contribution in [2.45, 2.75) is 6.54 Å². The third kappa shape index (κ3) is 4.43. The van der Waals surface area contributed by atoms with Crippen LogP contribution in [0.15, 0.2) is 89.4 Å². The van der Waals surface area contributed by atoms with E-state index in [4.69, 9.17) is 11.6 Å². The zero-order chi connectivity index (χ0) is 22.5. The molecule has 3 aromatic rings. The van der Waals surface area contributed by atoms with Crippen molar-refractivity contribution in [2.75, 3.05) is 0 Å². The van der Waals surface area contributed by atoms with Crippen molar-refractivity contribution in [1.29, 1.82) is 5.26 Å². The lowest BCUT2D eigenvalue weighted by molar-refractivity contribution is -0.117. The predicted molar refractivity (Wildman–Crippen MR) is 123 cm³/mol. The maximum Gasteiger partial charge on any atom is 0.264 e. The highest BCUT2D eigenvalue weighted by Crippen LogP contribution is 2.30. The fourth-order valence-corrected chi connectivity index (χ4v) is 3.40. The normalized spacial score (nSPS) is 13.4. The molecule has 6 nitrogen and oxygen atoms in total. The average Bonchev–Trinajstić information content (AvgIpc) is 3.17. The molecule has 0 fully saturated rings. The second kappa shape index (κ2) is 9.29. The van der Waals surface area contributed by atoms with Crippen molar-refractivity contribution in [2.24, 2.45) is 4.99 Å². The quantitative estimate of drug-likeness (QED) is 0.472. The Hall–Kier alpha value is -4.21. The van der Waals surface area contributed by atoms with Crippen molar-refractivity contribution < 1.29 is 9.59 Å². The van der Waals surface area contributed by atoms with Gasteiger partial charge >= 0.3 is 0 Å². The molecule has 1 heterocycles. The molecule has 0 radical (unpaired) electrons. The summed E-state index contributed by atoms with van der Waals surface area (Å²) < 4.78 is 0. The van der Waals surface area contributed by atoms with Crippen LogP contribution in [-0.4, -0.2) is 17.6 Å². The number of carbonyl (C=O) groups is 2. The Kier molecular flexibility index (Phi) is 6.11. The number of fused-ring (bicyclic) bond motifs is 1. The molecule has 0 atom stereocenters. The van der Waals surface area contributed by atoms with Crippen LogP contribution in [0.25, 0.3) is 5.70 Å². The predicted octanol–water partition coefficient (Wildman–Crippen LogP) is 4.08. The molecule has 0 aromatic heterocycles. The summed E-state index contributed by atoms with van der Waals surface area (Å²) >= 11 is 5.89. The van der Waals surface area contributed by atoms with Crippen molar-refractivity contribution in [3.63, 3.8) is 0 Å². The summed E-state index contributed by atoms with van der Waals surface area (Å²) in [5, 5.41) is 15.8. The fraction of sp³-hybridized carbons (Fsp3) is 0.0400. The molecule has 1 aliphatic rings. The fourth-order valence-electron chi connectivity index (χ4n) is 3.27. The van der Waals surface area contributed by atoms with Crippen LogP contribution in [0.2, 0.25) is 5.02 Å². The molecular formula is C25H17ClN4O2. The summed E-state index contributed by atoms with van der Waals surface area (Å²) in [5.41, 5.74) is 2.66. The van der Waals surface area contributed by atoms with E-state index >= 15 is 0 Å². The van der Waals surface area contributed by atoms with Gasteiger partial charge in [-0.3, -0.25) is 9.59 Å². The molecule has 2 amide bonds. The van der Waals surface area contributed by atoms with Crippen LogP contribution < -0.4 is 10.6 Å². The van der Waals surface area contributed by atoms with E-state index in [1.165, 1.54) is 0 Å². The monoisotopic (exact) mass is 440 g/mol. The average molecular weight is 441 g/mol. The molecule has 0 unspecified atom stereocenters. The second-order valence-electron chi connectivity index (χ2n) is 6.97. The Labute approximate surface area is 189 Å². The van der Waals surface area contributed by atoms with E-state index in [-0.39, 0.29) is 29.6 Å². The first-order valence-corrected chi connectivity index (χ1v) is 10.2. The van der Waals surface area contributed by atoms with Gasteiger partial charge < -0.3 is 10.6 Å². The zero-order valence-electron chi connectivity index (χ0n) is 16.8. The summed E-state index contributed by atoms with van der Waals surface area (Å²) in [6.45, 7) is 0.281. The molecular weight excluding hydrogens is 424 g/mol. The summed E-state index contributed by atoms with van der Waals surface area (Å²) in [7, 11) is 0. The number of hydrogen-bond donors (Lipinski definition) is 2. The van der Waals surface area contributed by atoms with E-state index in [9.17, 15) is 14.9 Å². The number of aliphatic imine (C=N–C) groups is 1. The van der Waals surface area contributed by atoms with E-state index < -0.39 is 5.91 Å². The maximum absolute atomic E-state index is 12.8. The van der Waals surface area contributed by atoms with Gasteiger partial charge in [-0.05, 0) is 29.8 Å². The third-order valence-electron chi connectivity index (χ3n) is 4.87. The highest BCUT2D eigenvalue weighted by Gasteiger charge is 2.27. The Morgan fingerprint density at radius 2 is 1.56 bits per heavy atom. The van der Waals surface area contributed by atoms with Gasteiger partial charge in [0.1, 0.15) is 17.5 Å². The molecule has 7 heteroatoms. The van der Waals surface area contributed by atoms with Gasteiger partial charge in [0.25, 0.3) is 11.8 Å². The minimum absolute atomic E-state index is 0.121. The lowest BCUT2D eigenvalue weighted by Gasteiger charge is -2.06. The number of halogens is 1. The van der Waals surface area contributed by atoms with Crippen molar-refractivity contribution >= 4 is 34.9 Å². The van der Waals surface area contributed by atoms with E-state index in [1.54, 1.807) is 48.5 Å². The third-order valence-corrected chi connectivity index (χ3v) is 5.12. The number of hydrogen-bond acceptors (Lipinski definition) is 4. The molecule has 3 aromatic carbocycles. The molecule has 2 N–H and O–H groups in total. The Morgan fingerprint density at radius 1 is 0.906 bits per heavy atom. The van der Waals surface area contributed by atoms with Gasteiger partial charge in [0, 0.05) is 28.3 Å². The first-order chi connectivity index (χ1) is 15.6. The van der Waals surface area contributed by atoms with E-state index in [0.29, 0.717) is 21.7 Å². The van der Waals surface area contributed by atoms with Gasteiger partial charge in [0.05, 0.1) is 5.70 Å². The first kappa shape index (κ1) is 21.0. The molecule has 0 bridgehead atoms. The minimum Gasteiger partial charge on any atom is -0.347 e. The van der Waals surface area contributed by atoms with Gasteiger partial charge in [0.2, 0.25) is 0 Å². The molecule has 1 aliphatic heterocycles. The summed E-state index contributed by atoms with van der Waals surface area (Å²) in [4.78, 5) is 29.9. The summed E-state index contributed by atoms with van der Waals surface area (Å²) in [6.07, 6.45) is 0. The lowest BCUT2D eigenvalue weighted by Crippen LogP contribution is -2.30. The molecule has 0 saturated carbocycles. The second-order valence-corrected chi connectivity index (χ2v) is 7.41. The highest BCUT2D eigenvalue weighted by atomic mass is 35.5. The van der Waals surface area contributed by atoms with Gasteiger partial charge in [-0.1, -0.05) is 66.2 Å². The van der Waals surface area contributed by atoms with E-state index in [1.807, 2.05) is 36.4 Å². The van der Waals surface area contributed by atoms with Crippen LogP contribution in [0.4, 0.5) is 0 Å². The smallest absolute Gasteiger partial charge is 0.264 e. The zero-order valence-corrected chi connectivity index (χ0v) is 17.6. The number of amides is 2. The highest BCUT2D eigenvalue weighted by molar-refractivity contribution is 6.30. The standard InChI is InChI=1S/C25H17ClN4O2/c26-18-12-10-17(11-13-18)24(31)30-23-20-9-5-4-8-19(20)22(29-23)21(14-27)25(32)28-15-16-6-2-1-3-7-16/h1-13H,15H2,(H,28,32)(H,29,30,31)/b22-21-. The van der Waals surface area contributed by atoms with E-state index in [2.05, 4.69) is 15.6 Å². The van der Waals surface area contributed by atoms with Crippen molar-refractivity contribution in [3.8, 4) is 6.07 Å². The van der Waals surface area contributed by atoms with Crippen LogP contribution in [0.1, 0.15) is 27.0 Å². The molecule has 0 spiro atoms. The van der Waals surface area contributed by atoms with Crippen LogP contribution in [0.3, 0.4) is 0 Å². The van der Waals surface area contributed by atoms with Crippen LogP contribution in [-0.2, 0) is 11.3 Å². The maximum atomic E-state index is 12.8. The molecule has 0 aliphatic carbocycles. The Morgan fingerprint density at radius 3 is 2.25 bits per heavy atom. The molecule has 4 rings (SSSR count). The number of rotatable bonds is 4. The SMILES string of the molecule is N#C/C(C(=O)NCc1ccccc1)=C1/N=C(NC(=O)c2ccc(Cl)cc2)c2ccccc21. The summed E-state index contributed by atoms with van der Waals surface area (Å²) in [6, 6.07) is 24.9. The van der Waals surface area contributed by atoms with Crippen molar-refractivity contribution in [1.82, 2.24) is 10.6 Å². The van der Waals surface area contributed by atoms with Gasteiger partial charge in [-0.15, -0.1) is 0 Å². The topological polar surface area (TPSA) is 94.3 Å². The number of carbonyl (C=O) groups excluding carboxylic acids is 2. The van der Waals surface area contributed by atoms with Crippen LogP contribution in [0.5, 0.6) is 0 Å². The van der Waals surface area contributed by atoms with Gasteiger partial charge in [-0.25, -0.2) is 4.99 Å². The number of nitrogens with one attached hydrogen (secondary N) is 2. The number of nitriles is 1. The Bertz CT molecular complexity index is 1290. The largest absolute Gasteiger partial charge is 0.347 e. The van der Waals surface area contributed by atoms with Gasteiger partial charge in [0.15, 0.2) is 0 Å². The van der Waals surface area contributed by atoms with Gasteiger partial charge in [-0.2, -0.15) is 5.26 Å². The van der Waals surface area contributed by atoms with Crippen molar-refractivity contribution in [3.05, 3.63) is 112 Å². The number of benzene rings is 3. The molecule has 32 heavy (non-hydrogen) atoms. The number of nitrogens with zero attached hydrogens (tertiary/aromatic N) is 2. The van der Waals surface area contributed by atoms with E-state index in [0.717, 1.165) is 5.56 Å². The molecule has 156 valence electrons. The van der Waals surface area contributed by atoms with Crippen LogP contribution >= 0.6 is 11.6 Å². The minimum atomic E-state index is -0.532.